The number of furan rings is 1. The van der Waals surface area contributed by atoms with Gasteiger partial charge in [-0.2, -0.15) is 0 Å². The second kappa shape index (κ2) is 4.52. The van der Waals surface area contributed by atoms with Crippen LogP contribution in [0.5, 0.6) is 0 Å². The summed E-state index contributed by atoms with van der Waals surface area (Å²) in [5.41, 5.74) is 0.709. The minimum absolute atomic E-state index is 0.251. The Labute approximate surface area is 97.7 Å². The molecule has 17 heavy (non-hydrogen) atoms. The highest BCUT2D eigenvalue weighted by Gasteiger charge is 2.12. The van der Waals surface area contributed by atoms with E-state index in [1.165, 1.54) is 18.5 Å². The molecule has 0 aromatic carbocycles. The van der Waals surface area contributed by atoms with Crippen LogP contribution in [0, 0.1) is 0 Å². The Hall–Kier alpha value is -1.93. The van der Waals surface area contributed by atoms with E-state index in [0.717, 1.165) is 0 Å². The molecule has 0 aliphatic rings. The molecule has 90 valence electrons. The van der Waals surface area contributed by atoms with Gasteiger partial charge >= 0.3 is 0 Å². The molecule has 0 bridgehead atoms. The molecule has 0 aliphatic heterocycles. The van der Waals surface area contributed by atoms with Gasteiger partial charge in [0.25, 0.3) is 10.0 Å². The average Bonchev–Trinajstić information content (AvgIpc) is 2.76. The topological polar surface area (TPSA) is 111 Å². The maximum atomic E-state index is 11.0. The minimum Gasteiger partial charge on any atom is -0.446 e. The Balaban J connectivity index is 2.04. The van der Waals surface area contributed by atoms with Crippen LogP contribution in [-0.4, -0.2) is 18.4 Å². The lowest BCUT2D eigenvalue weighted by Crippen LogP contribution is -2.10. The molecular weight excluding hydrogens is 244 g/mol. The molecule has 8 heteroatoms. The molecule has 0 saturated carbocycles. The summed E-state index contributed by atoms with van der Waals surface area (Å²) in [6.45, 7) is 0.322. The summed E-state index contributed by atoms with van der Waals surface area (Å²) < 4.78 is 27.0. The number of nitrogens with zero attached hydrogens (tertiary/aromatic N) is 2. The summed E-state index contributed by atoms with van der Waals surface area (Å²) in [6, 6.07) is 2.85. The predicted octanol–water partition coefficient (Wildman–Crippen LogP) is 0.329. The van der Waals surface area contributed by atoms with Gasteiger partial charge in [-0.05, 0) is 12.1 Å². The van der Waals surface area contributed by atoms with Gasteiger partial charge in [-0.3, -0.25) is 0 Å². The fraction of sp³-hybridized carbons (Fsp3) is 0.111. The molecule has 0 aliphatic carbocycles. The molecular formula is C9H10N4O3S. The van der Waals surface area contributed by atoms with E-state index < -0.39 is 10.0 Å². The van der Waals surface area contributed by atoms with Crippen molar-refractivity contribution in [1.82, 2.24) is 9.97 Å². The Morgan fingerprint density at radius 2 is 2.00 bits per heavy atom. The number of sulfonamides is 1. The van der Waals surface area contributed by atoms with E-state index in [1.807, 2.05) is 0 Å². The standard InChI is InChI=1S/C9H10N4O3S/c10-17(14,15)9-2-1-8(16-9)5-13-7-3-11-6-12-4-7/h1-4,6,13H,5H2,(H2,10,14,15). The van der Waals surface area contributed by atoms with Crippen LogP contribution in [0.1, 0.15) is 5.76 Å². The van der Waals surface area contributed by atoms with Gasteiger partial charge in [-0.25, -0.2) is 23.5 Å². The Kier molecular flexibility index (Phi) is 3.07. The highest BCUT2D eigenvalue weighted by atomic mass is 32.2. The molecule has 0 atom stereocenters. The third-order valence-corrected chi connectivity index (χ3v) is 2.72. The van der Waals surface area contributed by atoms with Gasteiger partial charge in [0.15, 0.2) is 0 Å². The molecule has 0 unspecified atom stereocenters. The first-order valence-corrected chi connectivity index (χ1v) is 6.21. The van der Waals surface area contributed by atoms with Crippen molar-refractivity contribution >= 4 is 15.7 Å². The zero-order valence-corrected chi connectivity index (χ0v) is 9.52. The van der Waals surface area contributed by atoms with E-state index in [4.69, 9.17) is 9.56 Å². The second-order valence-electron chi connectivity index (χ2n) is 3.25. The van der Waals surface area contributed by atoms with E-state index >= 15 is 0 Å². The van der Waals surface area contributed by atoms with Gasteiger partial charge in [0.1, 0.15) is 12.1 Å². The lowest BCUT2D eigenvalue weighted by molar-refractivity contribution is 0.419. The van der Waals surface area contributed by atoms with Crippen LogP contribution in [0.4, 0.5) is 5.69 Å². The van der Waals surface area contributed by atoms with Crippen LogP contribution in [0.3, 0.4) is 0 Å². The van der Waals surface area contributed by atoms with Crippen LogP contribution in [0.15, 0.2) is 40.4 Å². The summed E-state index contributed by atoms with van der Waals surface area (Å²) in [5.74, 6) is 0.456. The van der Waals surface area contributed by atoms with Crippen molar-refractivity contribution in [2.75, 3.05) is 5.32 Å². The fourth-order valence-corrected chi connectivity index (χ4v) is 1.67. The monoisotopic (exact) mass is 254 g/mol. The Bertz CT molecular complexity index is 594. The van der Waals surface area contributed by atoms with Gasteiger partial charge in [0.2, 0.25) is 5.09 Å². The third-order valence-electron chi connectivity index (χ3n) is 1.94. The lowest BCUT2D eigenvalue weighted by Gasteiger charge is -2.01. The number of primary sulfonamides is 1. The van der Waals surface area contributed by atoms with Gasteiger partial charge in [-0.15, -0.1) is 0 Å². The summed E-state index contributed by atoms with van der Waals surface area (Å²) in [7, 11) is -3.78. The molecule has 0 radical (unpaired) electrons. The van der Waals surface area contributed by atoms with E-state index in [1.54, 1.807) is 12.4 Å². The Morgan fingerprint density at radius 3 is 2.59 bits per heavy atom. The van der Waals surface area contributed by atoms with Crippen LogP contribution < -0.4 is 10.5 Å². The van der Waals surface area contributed by atoms with Crippen molar-refractivity contribution < 1.29 is 12.8 Å². The summed E-state index contributed by atoms with van der Waals surface area (Å²) in [6.07, 6.45) is 4.60. The van der Waals surface area contributed by atoms with Gasteiger partial charge < -0.3 is 9.73 Å². The molecule has 0 saturated heterocycles. The highest BCUT2D eigenvalue weighted by molar-refractivity contribution is 7.89. The van der Waals surface area contributed by atoms with Crippen LogP contribution >= 0.6 is 0 Å². The van der Waals surface area contributed by atoms with Crippen LogP contribution in [0.2, 0.25) is 0 Å². The minimum atomic E-state index is -3.78. The number of nitrogens with two attached hydrogens (primary N) is 1. The summed E-state index contributed by atoms with van der Waals surface area (Å²) in [4.78, 5) is 7.64. The first-order valence-electron chi connectivity index (χ1n) is 4.66. The molecule has 2 aromatic rings. The van der Waals surface area contributed by atoms with Crippen LogP contribution in [-0.2, 0) is 16.6 Å². The Morgan fingerprint density at radius 1 is 1.29 bits per heavy atom. The van der Waals surface area contributed by atoms with Gasteiger partial charge in [0.05, 0.1) is 24.6 Å². The van der Waals surface area contributed by atoms with Gasteiger partial charge in [-0.1, -0.05) is 0 Å². The normalized spacial score (nSPS) is 11.4. The molecule has 3 N–H and O–H groups in total. The maximum absolute atomic E-state index is 11.0. The van der Waals surface area contributed by atoms with Crippen molar-refractivity contribution in [3.63, 3.8) is 0 Å². The molecule has 2 rings (SSSR count). The quantitative estimate of drug-likeness (QED) is 0.813. The van der Waals surface area contributed by atoms with E-state index in [-0.39, 0.29) is 5.09 Å². The van der Waals surface area contributed by atoms with Crippen molar-refractivity contribution in [3.05, 3.63) is 36.6 Å². The zero-order chi connectivity index (χ0) is 12.3. The fourth-order valence-electron chi connectivity index (χ4n) is 1.19. The largest absolute Gasteiger partial charge is 0.446 e. The van der Waals surface area contributed by atoms with Crippen molar-refractivity contribution in [2.45, 2.75) is 11.6 Å². The number of hydrogen-bond acceptors (Lipinski definition) is 6. The highest BCUT2D eigenvalue weighted by Crippen LogP contribution is 2.13. The average molecular weight is 254 g/mol. The second-order valence-corrected chi connectivity index (χ2v) is 4.74. The lowest BCUT2D eigenvalue weighted by atomic mass is 10.4. The first-order chi connectivity index (χ1) is 8.05. The number of hydrogen-bond donors (Lipinski definition) is 2. The van der Waals surface area contributed by atoms with Crippen molar-refractivity contribution in [2.24, 2.45) is 5.14 Å². The number of aromatic nitrogens is 2. The van der Waals surface area contributed by atoms with Crippen molar-refractivity contribution in [1.29, 1.82) is 0 Å². The zero-order valence-electron chi connectivity index (χ0n) is 8.70. The predicted molar refractivity (Wildman–Crippen MR) is 59.4 cm³/mol. The van der Waals surface area contributed by atoms with E-state index in [0.29, 0.717) is 18.0 Å². The number of rotatable bonds is 4. The summed E-state index contributed by atoms with van der Waals surface area (Å²) in [5, 5.41) is 7.64. The smallest absolute Gasteiger partial charge is 0.271 e. The van der Waals surface area contributed by atoms with Crippen molar-refractivity contribution in [3.8, 4) is 0 Å². The molecule has 2 heterocycles. The first kappa shape index (κ1) is 11.6. The van der Waals surface area contributed by atoms with Crippen LogP contribution in [0.25, 0.3) is 0 Å². The number of anilines is 1. The molecule has 0 amide bonds. The molecule has 2 aromatic heterocycles. The summed E-state index contributed by atoms with van der Waals surface area (Å²) >= 11 is 0. The SMILES string of the molecule is NS(=O)(=O)c1ccc(CNc2cncnc2)o1. The molecule has 0 spiro atoms. The third kappa shape index (κ3) is 3.02. The maximum Gasteiger partial charge on any atom is 0.271 e. The molecule has 0 fully saturated rings. The van der Waals surface area contributed by atoms with E-state index in [2.05, 4.69) is 15.3 Å². The number of nitrogens with one attached hydrogen (secondary N) is 1. The molecule has 7 nitrogen and oxygen atoms in total. The van der Waals surface area contributed by atoms with Gasteiger partial charge in [0, 0.05) is 0 Å². The van der Waals surface area contributed by atoms with E-state index in [9.17, 15) is 8.42 Å².